The molecule has 1 aromatic heterocycles. The molecule has 1 saturated carbocycles. The van der Waals surface area contributed by atoms with E-state index < -0.39 is 33.2 Å². The van der Waals surface area contributed by atoms with Crippen molar-refractivity contribution in [3.05, 3.63) is 84.7 Å². The van der Waals surface area contributed by atoms with Crippen molar-refractivity contribution in [2.24, 2.45) is 0 Å². The zero-order valence-electron chi connectivity index (χ0n) is 14.3. The third-order valence-electron chi connectivity index (χ3n) is 5.08. The van der Waals surface area contributed by atoms with Gasteiger partial charge in [0.2, 0.25) is 0 Å². The molecule has 1 aliphatic carbocycles. The minimum atomic E-state index is -0.868. The Bertz CT molecular complexity index is 1170. The molecule has 5 heteroatoms. The summed E-state index contributed by atoms with van der Waals surface area (Å²) in [4.78, 5) is 17.8. The van der Waals surface area contributed by atoms with E-state index in [1.807, 2.05) is 48.5 Å². The quantitative estimate of drug-likeness (QED) is 0.393. The van der Waals surface area contributed by atoms with E-state index in [-0.39, 0.29) is 5.78 Å². The normalized spacial score (nSPS) is 21.6. The first-order valence-electron chi connectivity index (χ1n) is 8.65. The van der Waals surface area contributed by atoms with Crippen LogP contribution in [0.25, 0.3) is 17.0 Å². The number of aliphatic hydroxyl groups excluding tert-OH is 1. The fourth-order valence-corrected chi connectivity index (χ4v) is 6.17. The molecule has 0 radical (unpaired) electrons. The molecule has 3 aromatic rings. The van der Waals surface area contributed by atoms with Crippen molar-refractivity contribution in [2.45, 2.75) is 12.0 Å². The minimum absolute atomic E-state index is 0.0733. The fourth-order valence-electron chi connectivity index (χ4n) is 3.69. The predicted octanol–water partition coefficient (Wildman–Crippen LogP) is 0.0839. The number of hydrogen-bond donors (Lipinski definition) is 2. The van der Waals surface area contributed by atoms with Crippen LogP contribution in [-0.4, -0.2) is 22.0 Å². The van der Waals surface area contributed by atoms with Gasteiger partial charge in [-0.3, -0.25) is 0 Å². The van der Waals surface area contributed by atoms with Crippen molar-refractivity contribution in [2.75, 3.05) is 5.73 Å². The summed E-state index contributed by atoms with van der Waals surface area (Å²) in [7, 11) is 0. The van der Waals surface area contributed by atoms with Gasteiger partial charge in [-0.05, 0) is 0 Å². The Morgan fingerprint density at radius 2 is 1.89 bits per heavy atom. The average molecular weight is 467 g/mol. The molecule has 2 atom stereocenters. The fraction of sp³-hybridized carbons (Fsp3) is 0.0909. The molecular formula is C22H16IN2O2-. The van der Waals surface area contributed by atoms with Gasteiger partial charge in [0.1, 0.15) is 0 Å². The van der Waals surface area contributed by atoms with Gasteiger partial charge in [0.25, 0.3) is 0 Å². The van der Waals surface area contributed by atoms with Gasteiger partial charge in [-0.1, -0.05) is 0 Å². The van der Waals surface area contributed by atoms with E-state index in [4.69, 9.17) is 5.73 Å². The zero-order valence-corrected chi connectivity index (χ0v) is 16.4. The van der Waals surface area contributed by atoms with Crippen LogP contribution in [0.4, 0.5) is 5.69 Å². The maximum absolute atomic E-state index is 13.2. The van der Waals surface area contributed by atoms with Crippen LogP contribution < -0.4 is 26.9 Å². The van der Waals surface area contributed by atoms with Crippen molar-refractivity contribution in [1.29, 1.82) is 0 Å². The van der Waals surface area contributed by atoms with Crippen molar-refractivity contribution in [3.8, 4) is 0 Å². The van der Waals surface area contributed by atoms with Crippen LogP contribution in [0.2, 0.25) is 0 Å². The van der Waals surface area contributed by atoms with Crippen molar-refractivity contribution < 1.29 is 31.1 Å². The van der Waals surface area contributed by atoms with Gasteiger partial charge in [0.05, 0.1) is 0 Å². The van der Waals surface area contributed by atoms with Crippen LogP contribution in [0.15, 0.2) is 69.8 Å². The number of pyridine rings is 1. The Hall–Kier alpha value is -2.51. The monoisotopic (exact) mass is 467 g/mol. The third kappa shape index (κ3) is 2.61. The Balaban J connectivity index is 1.63. The summed E-state index contributed by atoms with van der Waals surface area (Å²) in [5, 5.41) is 11.9. The number of para-hydroxylation sites is 1. The summed E-state index contributed by atoms with van der Waals surface area (Å²) in [6.07, 6.45) is 1.06. The Kier molecular flexibility index (Phi) is 3.87. The van der Waals surface area contributed by atoms with E-state index in [1.54, 1.807) is 6.07 Å². The second-order valence-electron chi connectivity index (χ2n) is 6.69. The number of nitrogen functional groups attached to an aromatic ring is 1. The summed E-state index contributed by atoms with van der Waals surface area (Å²) >= 11 is -0.403. The molecule has 0 saturated heterocycles. The molecule has 0 spiro atoms. The van der Waals surface area contributed by atoms with Crippen LogP contribution in [0, 0.1) is 3.57 Å². The van der Waals surface area contributed by atoms with E-state index in [0.29, 0.717) is 22.5 Å². The molecule has 2 aliphatic rings. The summed E-state index contributed by atoms with van der Waals surface area (Å²) in [5.41, 5.74) is 10.3. The number of benzene rings is 2. The molecule has 134 valence electrons. The molecule has 5 rings (SSSR count). The summed E-state index contributed by atoms with van der Waals surface area (Å²) in [6.45, 7) is 0. The number of halogens is 1. The van der Waals surface area contributed by atoms with Gasteiger partial charge in [-0.15, -0.1) is 0 Å². The number of anilines is 1. The van der Waals surface area contributed by atoms with Crippen molar-refractivity contribution >= 4 is 28.4 Å². The molecule has 1 aliphatic heterocycles. The number of aromatic nitrogens is 1. The summed E-state index contributed by atoms with van der Waals surface area (Å²) in [6, 6.07) is 17.5. The topological polar surface area (TPSA) is 76.2 Å². The number of nitrogens with zero attached hydrogens (tertiary/aromatic N) is 1. The zero-order chi connectivity index (χ0) is 18.5. The number of carbonyl (C=O) groups excluding carboxylic acids is 1. The third-order valence-corrected chi connectivity index (χ3v) is 7.72. The van der Waals surface area contributed by atoms with E-state index in [0.717, 1.165) is 16.5 Å². The van der Waals surface area contributed by atoms with Crippen LogP contribution in [0.5, 0.6) is 0 Å². The molecule has 2 aromatic carbocycles. The van der Waals surface area contributed by atoms with Crippen LogP contribution >= 0.6 is 0 Å². The molecule has 1 fully saturated rings. The average Bonchev–Trinajstić information content (AvgIpc) is 2.83. The van der Waals surface area contributed by atoms with E-state index in [2.05, 4.69) is 15.1 Å². The van der Waals surface area contributed by atoms with Crippen LogP contribution in [-0.2, 0) is 4.79 Å². The van der Waals surface area contributed by atoms with Gasteiger partial charge in [0, 0.05) is 0 Å². The Labute approximate surface area is 166 Å². The number of Topliss-reactive ketones (excluding diaryl/α,β-unsaturated/α-hetero) is 1. The summed E-state index contributed by atoms with van der Waals surface area (Å²) in [5.74, 6) is -0.753. The molecular weight excluding hydrogens is 451 g/mol. The first-order chi connectivity index (χ1) is 13.1. The second-order valence-corrected chi connectivity index (χ2v) is 9.10. The number of nitrogens with two attached hydrogens (primary N) is 1. The SMILES string of the molecule is Nc1cccc2ccc(C3C(=O)C4=Cc5ccccc5[I-]C=C4C3O)nc12. The van der Waals surface area contributed by atoms with Gasteiger partial charge in [0.15, 0.2) is 0 Å². The van der Waals surface area contributed by atoms with Crippen LogP contribution in [0.3, 0.4) is 0 Å². The van der Waals surface area contributed by atoms with E-state index in [9.17, 15) is 9.90 Å². The molecule has 0 bridgehead atoms. The number of aliphatic hydroxyl groups is 1. The Morgan fingerprint density at radius 1 is 1.04 bits per heavy atom. The molecule has 27 heavy (non-hydrogen) atoms. The first-order valence-corrected chi connectivity index (χ1v) is 11.0. The van der Waals surface area contributed by atoms with Gasteiger partial charge in [-0.2, -0.15) is 0 Å². The van der Waals surface area contributed by atoms with Crippen LogP contribution in [0.1, 0.15) is 17.2 Å². The van der Waals surface area contributed by atoms with Crippen molar-refractivity contribution in [1.82, 2.24) is 4.98 Å². The summed E-state index contributed by atoms with van der Waals surface area (Å²) < 4.78 is 3.34. The molecule has 0 amide bonds. The Morgan fingerprint density at radius 3 is 2.78 bits per heavy atom. The van der Waals surface area contributed by atoms with E-state index in [1.165, 1.54) is 3.57 Å². The molecule has 4 nitrogen and oxygen atoms in total. The van der Waals surface area contributed by atoms with Crippen molar-refractivity contribution in [3.63, 3.8) is 0 Å². The number of carbonyl (C=O) groups is 1. The second kappa shape index (κ2) is 6.28. The molecule has 3 N–H and O–H groups in total. The molecule has 2 heterocycles. The standard InChI is InChI=1S/C22H16IN2O2/c24-17-7-3-5-12-8-9-18(25-20(12)17)19-21(26)14-10-13-4-1-2-6-16(13)23-11-15(14)22(19)27/h1-11,19,22,27H,24H2/q-1. The number of ketones is 1. The first kappa shape index (κ1) is 16.6. The van der Waals surface area contributed by atoms with Gasteiger partial charge >= 0.3 is 167 Å². The maximum atomic E-state index is 13.2. The predicted molar refractivity (Wildman–Crippen MR) is 101 cm³/mol. The number of rotatable bonds is 1. The van der Waals surface area contributed by atoms with Gasteiger partial charge < -0.3 is 0 Å². The van der Waals surface area contributed by atoms with Gasteiger partial charge in [-0.25, -0.2) is 0 Å². The number of fused-ring (bicyclic) bond motifs is 3. The number of hydrogen-bond acceptors (Lipinski definition) is 4. The van der Waals surface area contributed by atoms with E-state index >= 15 is 0 Å². The molecule has 2 unspecified atom stereocenters.